The lowest BCUT2D eigenvalue weighted by atomic mass is 9.98. The second-order valence-corrected chi connectivity index (χ2v) is 8.24. The van der Waals surface area contributed by atoms with Crippen molar-refractivity contribution in [1.82, 2.24) is 20.1 Å². The van der Waals surface area contributed by atoms with Crippen LogP contribution in [0.2, 0.25) is 5.02 Å². The minimum atomic E-state index is -0.903. The highest BCUT2D eigenvalue weighted by Gasteiger charge is 2.28. The molecule has 1 amide bonds. The fourth-order valence-corrected chi connectivity index (χ4v) is 4.04. The maximum Gasteiger partial charge on any atom is 0.348 e. The van der Waals surface area contributed by atoms with E-state index in [1.165, 1.54) is 23.6 Å². The van der Waals surface area contributed by atoms with E-state index in [1.807, 2.05) is 0 Å². The predicted octanol–water partition coefficient (Wildman–Crippen LogP) is 3.11. The zero-order chi connectivity index (χ0) is 19.7. The molecule has 1 aromatic carbocycles. The van der Waals surface area contributed by atoms with Gasteiger partial charge >= 0.3 is 5.69 Å². The van der Waals surface area contributed by atoms with E-state index in [4.69, 9.17) is 11.6 Å². The van der Waals surface area contributed by atoms with E-state index in [-0.39, 0.29) is 22.2 Å². The van der Waals surface area contributed by atoms with Crippen molar-refractivity contribution in [3.63, 3.8) is 0 Å². The molecule has 0 aliphatic heterocycles. The maximum atomic E-state index is 12.7. The van der Waals surface area contributed by atoms with Crippen LogP contribution in [0.5, 0.6) is 0 Å². The van der Waals surface area contributed by atoms with Crippen LogP contribution in [0.4, 0.5) is 0 Å². The number of aliphatic hydroxyl groups is 1. The molecule has 1 unspecified atom stereocenters. The Morgan fingerprint density at radius 3 is 2.61 bits per heavy atom. The van der Waals surface area contributed by atoms with Gasteiger partial charge in [-0.2, -0.15) is 4.68 Å². The molecule has 1 aromatic heterocycles. The first-order valence-corrected chi connectivity index (χ1v) is 10.4. The van der Waals surface area contributed by atoms with Crippen molar-refractivity contribution < 1.29 is 9.90 Å². The number of amides is 1. The molecule has 1 heterocycles. The summed E-state index contributed by atoms with van der Waals surface area (Å²) in [5.74, 6) is 0.603. The number of H-pyrrole nitrogens is 1. The number of aliphatic hydroxyl groups excluding tert-OH is 1. The van der Waals surface area contributed by atoms with E-state index in [0.29, 0.717) is 17.4 Å². The van der Waals surface area contributed by atoms with Crippen molar-refractivity contribution in [2.75, 3.05) is 0 Å². The van der Waals surface area contributed by atoms with Gasteiger partial charge in [-0.25, -0.2) is 4.79 Å². The average Bonchev–Trinajstić information content (AvgIpc) is 3.48. The highest BCUT2D eigenvalue weighted by molar-refractivity contribution is 6.33. The number of hydrogen-bond donors (Lipinski definition) is 3. The summed E-state index contributed by atoms with van der Waals surface area (Å²) in [5.41, 5.74) is 0.343. The molecule has 4 rings (SSSR count). The summed E-state index contributed by atoms with van der Waals surface area (Å²) in [6.07, 6.45) is 7.45. The number of benzene rings is 1. The fraction of sp³-hybridized carbons (Fsp3) is 0.550. The lowest BCUT2D eigenvalue weighted by Crippen LogP contribution is -2.40. The Morgan fingerprint density at radius 1 is 1.21 bits per heavy atom. The maximum absolute atomic E-state index is 12.7. The Morgan fingerprint density at radius 2 is 1.93 bits per heavy atom. The summed E-state index contributed by atoms with van der Waals surface area (Å²) >= 11 is 6.22. The number of rotatable bonds is 5. The zero-order valence-electron chi connectivity index (χ0n) is 15.7. The van der Waals surface area contributed by atoms with E-state index >= 15 is 0 Å². The van der Waals surface area contributed by atoms with Crippen molar-refractivity contribution >= 4 is 17.5 Å². The Kier molecular flexibility index (Phi) is 5.55. The monoisotopic (exact) mass is 404 g/mol. The van der Waals surface area contributed by atoms with Gasteiger partial charge in [0.15, 0.2) is 0 Å². The lowest BCUT2D eigenvalue weighted by Gasteiger charge is -2.22. The largest absolute Gasteiger partial charge is 0.373 e. The van der Waals surface area contributed by atoms with Gasteiger partial charge in [0.25, 0.3) is 5.91 Å². The Hall–Kier alpha value is -2.12. The number of nitrogens with zero attached hydrogens (tertiary/aromatic N) is 2. The van der Waals surface area contributed by atoms with Crippen molar-refractivity contribution in [3.05, 3.63) is 45.1 Å². The molecule has 0 radical (unpaired) electrons. The number of nitrogens with one attached hydrogen (secondary N) is 2. The first kappa shape index (κ1) is 19.2. The fourth-order valence-electron chi connectivity index (χ4n) is 3.83. The highest BCUT2D eigenvalue weighted by atomic mass is 35.5. The zero-order valence-corrected chi connectivity index (χ0v) is 16.4. The summed E-state index contributed by atoms with van der Waals surface area (Å²) in [7, 11) is 0. The van der Waals surface area contributed by atoms with E-state index < -0.39 is 12.1 Å². The van der Waals surface area contributed by atoms with Crippen LogP contribution in [-0.4, -0.2) is 32.0 Å². The normalized spacial score (nSPS) is 19.2. The van der Waals surface area contributed by atoms with Crippen LogP contribution in [0, 0.1) is 5.92 Å². The number of carbonyl (C=O) groups is 1. The van der Waals surface area contributed by atoms with Gasteiger partial charge in [0.1, 0.15) is 12.1 Å². The van der Waals surface area contributed by atoms with Crippen LogP contribution in [0.25, 0.3) is 5.69 Å². The van der Waals surface area contributed by atoms with E-state index in [1.54, 1.807) is 12.1 Å². The molecule has 150 valence electrons. The van der Waals surface area contributed by atoms with Crippen LogP contribution in [-0.2, 0) is 0 Å². The quantitative estimate of drug-likeness (QED) is 0.526. The second-order valence-electron chi connectivity index (χ2n) is 7.84. The van der Waals surface area contributed by atoms with Crippen LogP contribution >= 0.6 is 11.6 Å². The Balaban J connectivity index is 1.53. The smallest absolute Gasteiger partial charge is 0.348 e. The average molecular weight is 405 g/mol. The van der Waals surface area contributed by atoms with Crippen molar-refractivity contribution in [2.45, 2.75) is 63.5 Å². The molecule has 1 atom stereocenters. The third-order valence-corrected chi connectivity index (χ3v) is 5.99. The molecule has 2 aliphatic carbocycles. The molecule has 8 heteroatoms. The Labute approximate surface area is 168 Å². The van der Waals surface area contributed by atoms with Crippen LogP contribution in [0.15, 0.2) is 23.0 Å². The number of aromatic amines is 1. The highest BCUT2D eigenvalue weighted by Crippen LogP contribution is 2.37. The van der Waals surface area contributed by atoms with Gasteiger partial charge in [-0.05, 0) is 43.9 Å². The summed E-state index contributed by atoms with van der Waals surface area (Å²) in [5, 5.41) is 17.8. The molecule has 2 aromatic rings. The number of hydrogen-bond acceptors (Lipinski definition) is 4. The van der Waals surface area contributed by atoms with Gasteiger partial charge in [0.05, 0.1) is 16.3 Å². The molecule has 7 nitrogen and oxygen atoms in total. The SMILES string of the molecule is O=C(NC(O)C1CCCCCC1)c1cc(-n2nc(C3CC3)[nH]c2=O)ccc1Cl. The van der Waals surface area contributed by atoms with Gasteiger partial charge in [-0.3, -0.25) is 9.78 Å². The predicted molar refractivity (Wildman–Crippen MR) is 106 cm³/mol. The topological polar surface area (TPSA) is 100 Å². The van der Waals surface area contributed by atoms with Crippen LogP contribution in [0.1, 0.15) is 73.5 Å². The van der Waals surface area contributed by atoms with Gasteiger partial charge in [0.2, 0.25) is 0 Å². The molecule has 2 fully saturated rings. The molecule has 28 heavy (non-hydrogen) atoms. The van der Waals surface area contributed by atoms with E-state index in [9.17, 15) is 14.7 Å². The Bertz CT molecular complexity index is 910. The van der Waals surface area contributed by atoms with Crippen molar-refractivity contribution in [2.24, 2.45) is 5.92 Å². The lowest BCUT2D eigenvalue weighted by molar-refractivity contribution is 0.0532. The van der Waals surface area contributed by atoms with E-state index in [0.717, 1.165) is 38.5 Å². The number of carbonyl (C=O) groups excluding carboxylic acids is 1. The summed E-state index contributed by atoms with van der Waals surface area (Å²) in [4.78, 5) is 27.7. The summed E-state index contributed by atoms with van der Waals surface area (Å²) < 4.78 is 1.25. The summed E-state index contributed by atoms with van der Waals surface area (Å²) in [6.45, 7) is 0. The molecule has 0 saturated heterocycles. The molecule has 2 saturated carbocycles. The number of halogens is 1. The van der Waals surface area contributed by atoms with Crippen molar-refractivity contribution in [3.8, 4) is 5.69 Å². The minimum Gasteiger partial charge on any atom is -0.373 e. The molecular weight excluding hydrogens is 380 g/mol. The molecule has 2 aliphatic rings. The van der Waals surface area contributed by atoms with Crippen LogP contribution in [0.3, 0.4) is 0 Å². The third-order valence-electron chi connectivity index (χ3n) is 5.66. The van der Waals surface area contributed by atoms with Gasteiger partial charge in [-0.1, -0.05) is 37.3 Å². The van der Waals surface area contributed by atoms with E-state index in [2.05, 4.69) is 15.4 Å². The second kappa shape index (κ2) is 8.09. The summed E-state index contributed by atoms with van der Waals surface area (Å²) in [6, 6.07) is 4.76. The minimum absolute atomic E-state index is 0.0588. The first-order chi connectivity index (χ1) is 13.5. The first-order valence-electron chi connectivity index (χ1n) is 10.0. The van der Waals surface area contributed by atoms with Gasteiger partial charge in [-0.15, -0.1) is 5.10 Å². The molecule has 3 N–H and O–H groups in total. The third kappa shape index (κ3) is 4.15. The molecule has 0 bridgehead atoms. The molecular formula is C20H25ClN4O3. The van der Waals surface area contributed by atoms with Crippen molar-refractivity contribution in [1.29, 1.82) is 0 Å². The van der Waals surface area contributed by atoms with Crippen LogP contribution < -0.4 is 11.0 Å². The van der Waals surface area contributed by atoms with Gasteiger partial charge in [0, 0.05) is 11.8 Å². The number of aromatic nitrogens is 3. The standard InChI is InChI=1S/C20H25ClN4O3/c21-16-10-9-14(25-20(28)22-17(24-25)12-7-8-12)11-15(16)19(27)23-18(26)13-5-3-1-2-4-6-13/h9-13,18,26H,1-8H2,(H,23,27)(H,22,24,28). The van der Waals surface area contributed by atoms with Gasteiger partial charge < -0.3 is 10.4 Å². The molecule has 0 spiro atoms.